The molecular weight excluding hydrogens is 254 g/mol. The van der Waals surface area contributed by atoms with Gasteiger partial charge in [0.15, 0.2) is 11.6 Å². The van der Waals surface area contributed by atoms with E-state index in [2.05, 4.69) is 20.4 Å². The van der Waals surface area contributed by atoms with Crippen molar-refractivity contribution >= 4 is 5.97 Å². The monoisotopic (exact) mass is 265 g/mol. The summed E-state index contributed by atoms with van der Waals surface area (Å²) in [7, 11) is 0. The Kier molecular flexibility index (Phi) is 3.55. The van der Waals surface area contributed by atoms with Crippen molar-refractivity contribution in [2.45, 2.75) is 19.8 Å². The van der Waals surface area contributed by atoms with Gasteiger partial charge in [-0.2, -0.15) is 0 Å². The lowest BCUT2D eigenvalue weighted by Gasteiger charge is -2.06. The van der Waals surface area contributed by atoms with Gasteiger partial charge in [-0.3, -0.25) is 0 Å². The van der Waals surface area contributed by atoms with Crippen molar-refractivity contribution in [2.75, 3.05) is 0 Å². The van der Waals surface area contributed by atoms with Gasteiger partial charge in [-0.15, -0.1) is 25.1 Å². The fourth-order valence-corrected chi connectivity index (χ4v) is 1.26. The molecule has 0 unspecified atom stereocenters. The number of aromatic hydroxyl groups is 2. The number of carbonyl (C=O) groups excluding carboxylic acids is 1. The van der Waals surface area contributed by atoms with Gasteiger partial charge >= 0.3 is 5.97 Å². The minimum absolute atomic E-state index is 0.0382. The summed E-state index contributed by atoms with van der Waals surface area (Å²) in [4.78, 5) is 16.2. The second kappa shape index (κ2) is 5.29. The largest absolute Gasteiger partial charge is 0.492 e. The van der Waals surface area contributed by atoms with Crippen LogP contribution in [0.15, 0.2) is 12.1 Å². The van der Waals surface area contributed by atoms with E-state index in [-0.39, 0.29) is 24.6 Å². The zero-order chi connectivity index (χ0) is 13.8. The summed E-state index contributed by atoms with van der Waals surface area (Å²) in [6.45, 7) is 1.65. The minimum atomic E-state index is -0.661. The highest BCUT2D eigenvalue weighted by Gasteiger charge is 2.13. The zero-order valence-electron chi connectivity index (χ0n) is 10.0. The predicted octanol–water partition coefficient (Wildman–Crippen LogP) is -0.624. The van der Waals surface area contributed by atoms with Gasteiger partial charge in [-0.25, -0.2) is 4.79 Å². The Morgan fingerprint density at radius 2 is 1.79 bits per heavy atom. The highest BCUT2D eigenvalue weighted by Crippen LogP contribution is 2.18. The van der Waals surface area contributed by atoms with Crippen LogP contribution < -0.4 is 4.84 Å². The first-order valence-corrected chi connectivity index (χ1v) is 5.40. The maximum Gasteiger partial charge on any atom is 0.333 e. The maximum atomic E-state index is 11.5. The van der Waals surface area contributed by atoms with Crippen LogP contribution in [0.25, 0.3) is 0 Å². The predicted molar refractivity (Wildman–Crippen MR) is 60.0 cm³/mol. The highest BCUT2D eigenvalue weighted by atomic mass is 16.7. The third-order valence-electron chi connectivity index (χ3n) is 2.16. The number of carbonyl (C=O) groups is 1. The first-order chi connectivity index (χ1) is 9.06. The van der Waals surface area contributed by atoms with Crippen LogP contribution in [0, 0.1) is 6.92 Å². The van der Waals surface area contributed by atoms with Crippen LogP contribution in [-0.4, -0.2) is 41.3 Å². The van der Waals surface area contributed by atoms with Crippen LogP contribution in [0.4, 0.5) is 0 Å². The third-order valence-corrected chi connectivity index (χ3v) is 2.16. The maximum absolute atomic E-state index is 11.5. The number of hydrogen-bond donors (Lipinski definition) is 2. The molecule has 0 spiro atoms. The first-order valence-electron chi connectivity index (χ1n) is 5.40. The molecule has 9 nitrogen and oxygen atoms in total. The Morgan fingerprint density at radius 1 is 1.21 bits per heavy atom. The minimum Gasteiger partial charge on any atom is -0.492 e. The molecule has 2 rings (SSSR count). The average Bonchev–Trinajstić information content (AvgIpc) is 2.70. The highest BCUT2D eigenvalue weighted by molar-refractivity contribution is 5.70. The molecule has 0 amide bonds. The van der Waals surface area contributed by atoms with Gasteiger partial charge < -0.3 is 15.1 Å². The van der Waals surface area contributed by atoms with Gasteiger partial charge in [-0.1, -0.05) is 0 Å². The van der Waals surface area contributed by atoms with Gasteiger partial charge in [0.25, 0.3) is 0 Å². The van der Waals surface area contributed by atoms with Crippen LogP contribution in [0.2, 0.25) is 0 Å². The fraction of sp³-hybridized carbons (Fsp3) is 0.300. The van der Waals surface area contributed by atoms with E-state index in [4.69, 9.17) is 4.84 Å². The molecule has 0 atom stereocenters. The Labute approximate surface area is 107 Å². The lowest BCUT2D eigenvalue weighted by molar-refractivity contribution is -0.145. The molecule has 0 aliphatic rings. The first kappa shape index (κ1) is 12.7. The van der Waals surface area contributed by atoms with E-state index < -0.39 is 5.97 Å². The van der Waals surface area contributed by atoms with Crippen LogP contribution in [-0.2, 0) is 11.2 Å². The van der Waals surface area contributed by atoms with Crippen molar-refractivity contribution in [1.29, 1.82) is 0 Å². The molecule has 2 aromatic rings. The molecule has 0 fully saturated rings. The Morgan fingerprint density at radius 3 is 2.37 bits per heavy atom. The summed E-state index contributed by atoms with van der Waals surface area (Å²) in [5.41, 5.74) is 0. The van der Waals surface area contributed by atoms with Gasteiger partial charge in [0.1, 0.15) is 0 Å². The molecule has 0 aliphatic carbocycles. The average molecular weight is 265 g/mol. The molecule has 2 aromatic heterocycles. The molecule has 0 aromatic carbocycles. The van der Waals surface area contributed by atoms with Crippen molar-refractivity contribution in [3.05, 3.63) is 23.8 Å². The normalized spacial score (nSPS) is 10.4. The summed E-state index contributed by atoms with van der Waals surface area (Å²) in [6, 6.07) is 2.39. The van der Waals surface area contributed by atoms with Crippen molar-refractivity contribution in [2.24, 2.45) is 0 Å². The summed E-state index contributed by atoms with van der Waals surface area (Å²) < 4.78 is 0.620. The van der Waals surface area contributed by atoms with Crippen LogP contribution >= 0.6 is 0 Å². The Balaban J connectivity index is 1.90. The van der Waals surface area contributed by atoms with Crippen LogP contribution in [0.1, 0.15) is 18.1 Å². The SMILES string of the molecule is Cc1nnc(CCC(=O)On2c(O)ccc2O)nn1. The molecule has 9 heteroatoms. The molecule has 19 heavy (non-hydrogen) atoms. The van der Waals surface area contributed by atoms with Crippen LogP contribution in [0.3, 0.4) is 0 Å². The molecule has 0 saturated heterocycles. The van der Waals surface area contributed by atoms with Gasteiger partial charge in [0, 0.05) is 18.6 Å². The summed E-state index contributed by atoms with van der Waals surface area (Å²) in [6.07, 6.45) is 0.158. The zero-order valence-corrected chi connectivity index (χ0v) is 10.0. The third kappa shape index (κ3) is 3.15. The Hall–Kier alpha value is -2.71. The van der Waals surface area contributed by atoms with E-state index in [1.54, 1.807) is 6.92 Å². The molecule has 0 aliphatic heterocycles. The Bertz CT molecular complexity index is 561. The van der Waals surface area contributed by atoms with E-state index in [0.29, 0.717) is 16.4 Å². The molecule has 0 radical (unpaired) electrons. The van der Waals surface area contributed by atoms with Crippen molar-refractivity contribution in [1.82, 2.24) is 25.1 Å². The van der Waals surface area contributed by atoms with E-state index in [9.17, 15) is 15.0 Å². The summed E-state index contributed by atoms with van der Waals surface area (Å²) in [5.74, 6) is -0.662. The van der Waals surface area contributed by atoms with Gasteiger partial charge in [0.2, 0.25) is 11.8 Å². The van der Waals surface area contributed by atoms with E-state index in [0.717, 1.165) is 0 Å². The number of aromatic nitrogens is 5. The fourth-order valence-electron chi connectivity index (χ4n) is 1.26. The number of aryl methyl sites for hydroxylation is 2. The van der Waals surface area contributed by atoms with E-state index >= 15 is 0 Å². The topological polar surface area (TPSA) is 123 Å². The number of rotatable bonds is 4. The number of hydrogen-bond acceptors (Lipinski definition) is 8. The number of nitrogens with zero attached hydrogens (tertiary/aromatic N) is 5. The molecular formula is C10H11N5O4. The molecule has 2 heterocycles. The lowest BCUT2D eigenvalue weighted by Crippen LogP contribution is -2.20. The standard InChI is InChI=1S/C10H11N5O4/c1-6-11-13-7(14-12-6)2-5-10(18)19-15-8(16)3-4-9(15)17/h3-4,16-17H,2,5H2,1H3. The summed E-state index contributed by atoms with van der Waals surface area (Å²) in [5, 5.41) is 33.4. The van der Waals surface area contributed by atoms with Gasteiger partial charge in [0.05, 0.1) is 6.42 Å². The van der Waals surface area contributed by atoms with Gasteiger partial charge in [-0.05, 0) is 6.92 Å². The van der Waals surface area contributed by atoms with Crippen molar-refractivity contribution in [3.63, 3.8) is 0 Å². The molecule has 0 saturated carbocycles. The summed E-state index contributed by atoms with van der Waals surface area (Å²) >= 11 is 0. The second-order valence-electron chi connectivity index (χ2n) is 3.67. The molecule has 100 valence electrons. The van der Waals surface area contributed by atoms with Crippen molar-refractivity contribution < 1.29 is 19.8 Å². The van der Waals surface area contributed by atoms with E-state index in [1.165, 1.54) is 12.1 Å². The van der Waals surface area contributed by atoms with Crippen LogP contribution in [0.5, 0.6) is 11.8 Å². The lowest BCUT2D eigenvalue weighted by atomic mass is 10.3. The molecule has 0 bridgehead atoms. The van der Waals surface area contributed by atoms with E-state index in [1.807, 2.05) is 0 Å². The quantitative estimate of drug-likeness (QED) is 0.749. The smallest absolute Gasteiger partial charge is 0.333 e. The molecule has 2 N–H and O–H groups in total. The second-order valence-corrected chi connectivity index (χ2v) is 3.67. The van der Waals surface area contributed by atoms with Crippen molar-refractivity contribution in [3.8, 4) is 11.8 Å².